The lowest BCUT2D eigenvalue weighted by molar-refractivity contribution is -0.120. The predicted molar refractivity (Wildman–Crippen MR) is 75.7 cm³/mol. The normalized spacial score (nSPS) is 11.8. The minimum absolute atomic E-state index is 0.259. The summed E-state index contributed by atoms with van der Waals surface area (Å²) < 4.78 is 0. The molecule has 0 fully saturated rings. The van der Waals surface area contributed by atoms with Crippen LogP contribution in [0.5, 0.6) is 0 Å². The Morgan fingerprint density at radius 1 is 1.50 bits per heavy atom. The predicted octanol–water partition coefficient (Wildman–Crippen LogP) is 1.66. The summed E-state index contributed by atoms with van der Waals surface area (Å²) in [7, 11) is 0. The van der Waals surface area contributed by atoms with Crippen LogP contribution in [0.15, 0.2) is 41.6 Å². The van der Waals surface area contributed by atoms with Crippen LogP contribution in [0.3, 0.4) is 0 Å². The molecule has 0 saturated heterocycles. The number of carbonyl (C=O) groups is 1. The van der Waals surface area contributed by atoms with E-state index in [4.69, 9.17) is 11.3 Å². The Balaban J connectivity index is 2.22. The lowest BCUT2D eigenvalue weighted by Gasteiger charge is -2.15. The first-order valence-corrected chi connectivity index (χ1v) is 6.10. The van der Waals surface area contributed by atoms with Gasteiger partial charge in [0, 0.05) is 29.6 Å². The molecule has 102 valence electrons. The third kappa shape index (κ3) is 3.23. The van der Waals surface area contributed by atoms with Gasteiger partial charge in [-0.3, -0.25) is 9.78 Å². The van der Waals surface area contributed by atoms with Crippen LogP contribution < -0.4 is 11.1 Å². The highest BCUT2D eigenvalue weighted by molar-refractivity contribution is 5.85. The van der Waals surface area contributed by atoms with Crippen molar-refractivity contribution < 1.29 is 4.79 Å². The molecule has 0 aliphatic rings. The molecule has 0 aliphatic carbocycles. The van der Waals surface area contributed by atoms with Gasteiger partial charge in [0.25, 0.3) is 0 Å². The number of hydrogen-bond acceptors (Lipinski definition) is 4. The number of pyridine rings is 1. The van der Waals surface area contributed by atoms with Crippen molar-refractivity contribution in [2.24, 2.45) is 10.8 Å². The summed E-state index contributed by atoms with van der Waals surface area (Å²) in [5, 5.41) is 7.32. The van der Waals surface area contributed by atoms with Gasteiger partial charge in [-0.2, -0.15) is 0 Å². The van der Waals surface area contributed by atoms with E-state index in [9.17, 15) is 4.79 Å². The van der Waals surface area contributed by atoms with Crippen LogP contribution in [-0.4, -0.2) is 24.0 Å². The molecule has 2 aromatic rings. The van der Waals surface area contributed by atoms with Crippen molar-refractivity contribution in [2.45, 2.75) is 6.04 Å². The molecule has 20 heavy (non-hydrogen) atoms. The van der Waals surface area contributed by atoms with E-state index in [2.05, 4.69) is 20.3 Å². The maximum atomic E-state index is 11.5. The standard InChI is InChI=1S/C13H14N6O/c14-13(20)12(17-6-7-18-19-15)10-3-4-11-9(8-10)2-1-5-16-11/h1-5,8,12,17H,6-7H2,(H2,14,20). The van der Waals surface area contributed by atoms with Crippen molar-refractivity contribution in [3.8, 4) is 0 Å². The Morgan fingerprint density at radius 3 is 3.10 bits per heavy atom. The lowest BCUT2D eigenvalue weighted by Crippen LogP contribution is -2.34. The van der Waals surface area contributed by atoms with Gasteiger partial charge < -0.3 is 11.1 Å². The van der Waals surface area contributed by atoms with E-state index in [-0.39, 0.29) is 6.54 Å². The van der Waals surface area contributed by atoms with Crippen LogP contribution in [0.4, 0.5) is 0 Å². The molecular weight excluding hydrogens is 256 g/mol. The fourth-order valence-electron chi connectivity index (χ4n) is 1.96. The number of nitrogens with two attached hydrogens (primary N) is 1. The summed E-state index contributed by atoms with van der Waals surface area (Å²) in [5.74, 6) is -0.478. The molecule has 7 heteroatoms. The van der Waals surface area contributed by atoms with Gasteiger partial charge in [0.1, 0.15) is 6.04 Å². The quantitative estimate of drug-likeness (QED) is 0.359. The van der Waals surface area contributed by atoms with Gasteiger partial charge in [-0.1, -0.05) is 17.2 Å². The van der Waals surface area contributed by atoms with E-state index in [0.717, 1.165) is 16.5 Å². The van der Waals surface area contributed by atoms with Crippen molar-refractivity contribution in [2.75, 3.05) is 13.1 Å². The Morgan fingerprint density at radius 2 is 2.35 bits per heavy atom. The number of hydrogen-bond donors (Lipinski definition) is 2. The monoisotopic (exact) mass is 270 g/mol. The first-order valence-electron chi connectivity index (χ1n) is 6.10. The molecule has 3 N–H and O–H groups in total. The zero-order valence-corrected chi connectivity index (χ0v) is 10.7. The fourth-order valence-corrected chi connectivity index (χ4v) is 1.96. The van der Waals surface area contributed by atoms with E-state index in [1.165, 1.54) is 0 Å². The van der Waals surface area contributed by atoms with Crippen LogP contribution in [0, 0.1) is 0 Å². The molecule has 2 rings (SSSR count). The van der Waals surface area contributed by atoms with E-state index < -0.39 is 11.9 Å². The van der Waals surface area contributed by atoms with E-state index in [0.29, 0.717) is 6.54 Å². The average Bonchev–Trinajstić information content (AvgIpc) is 2.46. The number of carbonyl (C=O) groups excluding carboxylic acids is 1. The number of amides is 1. The maximum absolute atomic E-state index is 11.5. The van der Waals surface area contributed by atoms with Crippen LogP contribution in [0.25, 0.3) is 21.3 Å². The molecule has 1 unspecified atom stereocenters. The van der Waals surface area contributed by atoms with Crippen LogP contribution in [-0.2, 0) is 4.79 Å². The van der Waals surface area contributed by atoms with Crippen molar-refractivity contribution in [1.29, 1.82) is 0 Å². The number of rotatable bonds is 6. The molecule has 0 spiro atoms. The molecule has 0 bridgehead atoms. The van der Waals surface area contributed by atoms with Crippen molar-refractivity contribution in [3.05, 3.63) is 52.5 Å². The van der Waals surface area contributed by atoms with Gasteiger partial charge in [-0.05, 0) is 29.3 Å². The number of benzene rings is 1. The molecule has 1 heterocycles. The SMILES string of the molecule is [N-]=[N+]=NCCNC(C(N)=O)c1ccc2ncccc2c1. The second-order valence-electron chi connectivity index (χ2n) is 4.20. The summed E-state index contributed by atoms with van der Waals surface area (Å²) in [6.45, 7) is 0.637. The summed E-state index contributed by atoms with van der Waals surface area (Å²) in [4.78, 5) is 18.4. The third-order valence-corrected chi connectivity index (χ3v) is 2.87. The fraction of sp³-hybridized carbons (Fsp3) is 0.231. The van der Waals surface area contributed by atoms with Crippen LogP contribution in [0.2, 0.25) is 0 Å². The molecule has 1 aromatic heterocycles. The number of fused-ring (bicyclic) bond motifs is 1. The number of primary amides is 1. The van der Waals surface area contributed by atoms with Crippen LogP contribution >= 0.6 is 0 Å². The van der Waals surface area contributed by atoms with Gasteiger partial charge in [0.15, 0.2) is 0 Å². The molecule has 1 atom stereocenters. The van der Waals surface area contributed by atoms with Crippen molar-refractivity contribution in [1.82, 2.24) is 10.3 Å². The zero-order valence-electron chi connectivity index (χ0n) is 10.7. The van der Waals surface area contributed by atoms with E-state index in [1.807, 2.05) is 30.3 Å². The number of aromatic nitrogens is 1. The van der Waals surface area contributed by atoms with E-state index in [1.54, 1.807) is 6.20 Å². The average molecular weight is 270 g/mol. The zero-order chi connectivity index (χ0) is 14.4. The topological polar surface area (TPSA) is 117 Å². The van der Waals surface area contributed by atoms with Crippen molar-refractivity contribution in [3.63, 3.8) is 0 Å². The number of nitrogens with zero attached hydrogens (tertiary/aromatic N) is 4. The van der Waals surface area contributed by atoms with Gasteiger partial charge in [0.05, 0.1) is 5.52 Å². The largest absolute Gasteiger partial charge is 0.368 e. The Labute approximate surface area is 115 Å². The summed E-state index contributed by atoms with van der Waals surface area (Å²) in [6, 6.07) is 8.66. The highest BCUT2D eigenvalue weighted by Crippen LogP contribution is 2.18. The summed E-state index contributed by atoms with van der Waals surface area (Å²) in [6.07, 6.45) is 1.71. The minimum Gasteiger partial charge on any atom is -0.368 e. The first kappa shape index (κ1) is 13.8. The second kappa shape index (κ2) is 6.51. The second-order valence-corrected chi connectivity index (χ2v) is 4.20. The lowest BCUT2D eigenvalue weighted by atomic mass is 10.0. The highest BCUT2D eigenvalue weighted by Gasteiger charge is 2.17. The number of nitrogens with one attached hydrogen (secondary N) is 1. The molecule has 1 aromatic carbocycles. The van der Waals surface area contributed by atoms with Gasteiger partial charge in [-0.15, -0.1) is 0 Å². The highest BCUT2D eigenvalue weighted by atomic mass is 16.1. The summed E-state index contributed by atoms with van der Waals surface area (Å²) in [5.41, 5.74) is 15.2. The molecule has 0 saturated carbocycles. The smallest absolute Gasteiger partial charge is 0.239 e. The first-order chi connectivity index (χ1) is 9.72. The molecule has 7 nitrogen and oxygen atoms in total. The van der Waals surface area contributed by atoms with Crippen molar-refractivity contribution >= 4 is 16.8 Å². The summed E-state index contributed by atoms with van der Waals surface area (Å²) >= 11 is 0. The van der Waals surface area contributed by atoms with Gasteiger partial charge >= 0.3 is 0 Å². The van der Waals surface area contributed by atoms with Gasteiger partial charge in [0.2, 0.25) is 5.91 Å². The molecule has 1 amide bonds. The molecular formula is C13H14N6O. The minimum atomic E-state index is -0.617. The Bertz CT molecular complexity index is 665. The Kier molecular flexibility index (Phi) is 4.49. The van der Waals surface area contributed by atoms with E-state index >= 15 is 0 Å². The number of azide groups is 1. The van der Waals surface area contributed by atoms with Crippen LogP contribution in [0.1, 0.15) is 11.6 Å². The Hall–Kier alpha value is -2.63. The maximum Gasteiger partial charge on any atom is 0.239 e. The molecule has 0 radical (unpaired) electrons. The van der Waals surface area contributed by atoms with Gasteiger partial charge in [-0.25, -0.2) is 0 Å². The third-order valence-electron chi connectivity index (χ3n) is 2.87. The molecule has 0 aliphatic heterocycles.